The van der Waals surface area contributed by atoms with Crippen LogP contribution in [0.15, 0.2) is 76.3 Å². The molecule has 152 valence electrons. The van der Waals surface area contributed by atoms with Crippen molar-refractivity contribution in [2.75, 3.05) is 25.0 Å². The van der Waals surface area contributed by atoms with Gasteiger partial charge < -0.3 is 20.0 Å². The van der Waals surface area contributed by atoms with Gasteiger partial charge in [0, 0.05) is 37.4 Å². The standard InChI is InChI=1S/C22H25N5O.HI/c1-23-22(26-18-12-13-27(15-18)20-10-6-3-7-11-20)24-14-19-16-28-21(25-19)17-8-4-2-5-9-17;/h2-11,16,18H,12-15H2,1H3,(H2,23,24,26);1H. The van der Waals surface area contributed by atoms with Gasteiger partial charge in [0.05, 0.1) is 12.2 Å². The van der Waals surface area contributed by atoms with Crippen molar-refractivity contribution >= 4 is 35.6 Å². The van der Waals surface area contributed by atoms with E-state index in [-0.39, 0.29) is 24.0 Å². The van der Waals surface area contributed by atoms with E-state index in [1.165, 1.54) is 5.69 Å². The van der Waals surface area contributed by atoms with Crippen LogP contribution in [0.5, 0.6) is 0 Å². The highest BCUT2D eigenvalue weighted by Gasteiger charge is 2.23. The van der Waals surface area contributed by atoms with Crippen LogP contribution in [0.4, 0.5) is 5.69 Å². The van der Waals surface area contributed by atoms with E-state index in [4.69, 9.17) is 4.42 Å². The van der Waals surface area contributed by atoms with E-state index >= 15 is 0 Å². The maximum absolute atomic E-state index is 5.60. The summed E-state index contributed by atoms with van der Waals surface area (Å²) in [5.74, 6) is 1.42. The Labute approximate surface area is 188 Å². The number of hydrogen-bond donors (Lipinski definition) is 2. The van der Waals surface area contributed by atoms with Crippen molar-refractivity contribution in [2.24, 2.45) is 4.99 Å². The van der Waals surface area contributed by atoms with Crippen molar-refractivity contribution in [1.82, 2.24) is 15.6 Å². The molecule has 7 heteroatoms. The number of aromatic nitrogens is 1. The fraction of sp³-hybridized carbons (Fsp3) is 0.273. The second kappa shape index (κ2) is 10.3. The number of hydrogen-bond acceptors (Lipinski definition) is 4. The lowest BCUT2D eigenvalue weighted by atomic mass is 10.2. The number of rotatable bonds is 5. The van der Waals surface area contributed by atoms with Crippen LogP contribution in [-0.2, 0) is 6.54 Å². The molecule has 1 saturated heterocycles. The first-order valence-electron chi connectivity index (χ1n) is 9.59. The SMILES string of the molecule is CN=C(NCc1coc(-c2ccccc2)n1)NC1CCN(c2ccccc2)C1.I. The molecule has 1 fully saturated rings. The molecule has 6 nitrogen and oxygen atoms in total. The molecule has 0 bridgehead atoms. The number of nitrogens with one attached hydrogen (secondary N) is 2. The highest BCUT2D eigenvalue weighted by Crippen LogP contribution is 2.20. The summed E-state index contributed by atoms with van der Waals surface area (Å²) in [7, 11) is 1.79. The van der Waals surface area contributed by atoms with Gasteiger partial charge in [-0.1, -0.05) is 36.4 Å². The van der Waals surface area contributed by atoms with Crippen molar-refractivity contribution in [3.05, 3.63) is 72.6 Å². The number of aliphatic imine (C=N–C) groups is 1. The van der Waals surface area contributed by atoms with Crippen molar-refractivity contribution in [1.29, 1.82) is 0 Å². The first kappa shape index (κ1) is 21.2. The third-order valence-electron chi connectivity index (χ3n) is 4.88. The number of anilines is 1. The largest absolute Gasteiger partial charge is 0.444 e. The molecule has 1 aliphatic rings. The summed E-state index contributed by atoms with van der Waals surface area (Å²) in [5.41, 5.74) is 3.09. The van der Waals surface area contributed by atoms with Crippen LogP contribution >= 0.6 is 24.0 Å². The maximum atomic E-state index is 5.60. The zero-order valence-electron chi connectivity index (χ0n) is 16.4. The third-order valence-corrected chi connectivity index (χ3v) is 4.88. The fourth-order valence-corrected chi connectivity index (χ4v) is 3.42. The Hall–Kier alpha value is -2.55. The summed E-state index contributed by atoms with van der Waals surface area (Å²) in [6.45, 7) is 2.57. The number of guanidine groups is 1. The highest BCUT2D eigenvalue weighted by molar-refractivity contribution is 14.0. The molecule has 2 heterocycles. The summed E-state index contributed by atoms with van der Waals surface area (Å²) in [6.07, 6.45) is 2.77. The van der Waals surface area contributed by atoms with Crippen LogP contribution in [-0.4, -0.2) is 37.1 Å². The second-order valence-electron chi connectivity index (χ2n) is 6.85. The fourth-order valence-electron chi connectivity index (χ4n) is 3.42. The summed E-state index contributed by atoms with van der Waals surface area (Å²) in [6, 6.07) is 20.8. The predicted octanol–water partition coefficient (Wildman–Crippen LogP) is 3.90. The Morgan fingerprint density at radius 3 is 2.59 bits per heavy atom. The summed E-state index contributed by atoms with van der Waals surface area (Å²) >= 11 is 0. The van der Waals surface area contributed by atoms with E-state index in [2.05, 4.69) is 49.8 Å². The second-order valence-corrected chi connectivity index (χ2v) is 6.85. The van der Waals surface area contributed by atoms with Crippen LogP contribution in [0.2, 0.25) is 0 Å². The zero-order chi connectivity index (χ0) is 19.2. The van der Waals surface area contributed by atoms with Crippen LogP contribution in [0.3, 0.4) is 0 Å². The van der Waals surface area contributed by atoms with Gasteiger partial charge in [-0.3, -0.25) is 4.99 Å². The molecule has 0 amide bonds. The molecular weight excluding hydrogens is 477 g/mol. The van der Waals surface area contributed by atoms with Crippen molar-refractivity contribution in [3.63, 3.8) is 0 Å². The summed E-state index contributed by atoms with van der Waals surface area (Å²) < 4.78 is 5.60. The van der Waals surface area contributed by atoms with Crippen molar-refractivity contribution in [2.45, 2.75) is 19.0 Å². The number of para-hydroxylation sites is 1. The molecule has 2 aromatic carbocycles. The molecule has 1 aromatic heterocycles. The quantitative estimate of drug-likeness (QED) is 0.314. The molecule has 2 N–H and O–H groups in total. The van der Waals surface area contributed by atoms with Gasteiger partial charge in [-0.2, -0.15) is 0 Å². The van der Waals surface area contributed by atoms with Gasteiger partial charge in [-0.05, 0) is 30.7 Å². The molecular formula is C22H26IN5O. The van der Waals surface area contributed by atoms with E-state index in [1.54, 1.807) is 13.3 Å². The van der Waals surface area contributed by atoms with E-state index < -0.39 is 0 Å². The smallest absolute Gasteiger partial charge is 0.226 e. The molecule has 1 aliphatic heterocycles. The third kappa shape index (κ3) is 5.50. The Morgan fingerprint density at radius 2 is 1.86 bits per heavy atom. The average molecular weight is 503 g/mol. The highest BCUT2D eigenvalue weighted by atomic mass is 127. The molecule has 4 rings (SSSR count). The van der Waals surface area contributed by atoms with Gasteiger partial charge in [0.25, 0.3) is 0 Å². The lowest BCUT2D eigenvalue weighted by Crippen LogP contribution is -2.44. The van der Waals surface area contributed by atoms with Crippen molar-refractivity contribution in [3.8, 4) is 11.5 Å². The van der Waals surface area contributed by atoms with Crippen LogP contribution in [0, 0.1) is 0 Å². The minimum atomic E-state index is 0. The predicted molar refractivity (Wildman–Crippen MR) is 128 cm³/mol. The number of halogens is 1. The van der Waals surface area contributed by atoms with Crippen molar-refractivity contribution < 1.29 is 4.42 Å². The Morgan fingerprint density at radius 1 is 1.14 bits per heavy atom. The van der Waals surface area contributed by atoms with Gasteiger partial charge in [-0.15, -0.1) is 24.0 Å². The topological polar surface area (TPSA) is 65.7 Å². The molecule has 0 spiro atoms. The minimum Gasteiger partial charge on any atom is -0.444 e. The van der Waals surface area contributed by atoms with Gasteiger partial charge >= 0.3 is 0 Å². The Kier molecular flexibility index (Phi) is 7.51. The summed E-state index contributed by atoms with van der Waals surface area (Å²) in [4.78, 5) is 11.3. The first-order chi connectivity index (χ1) is 13.8. The minimum absolute atomic E-state index is 0. The van der Waals surface area contributed by atoms with E-state index in [0.29, 0.717) is 18.5 Å². The molecule has 29 heavy (non-hydrogen) atoms. The Bertz CT molecular complexity index is 913. The van der Waals surface area contributed by atoms with Gasteiger partial charge in [0.1, 0.15) is 6.26 Å². The monoisotopic (exact) mass is 503 g/mol. The maximum Gasteiger partial charge on any atom is 0.226 e. The average Bonchev–Trinajstić information content (AvgIpc) is 3.42. The van der Waals surface area contributed by atoms with Crippen LogP contribution in [0.1, 0.15) is 12.1 Å². The van der Waals surface area contributed by atoms with Gasteiger partial charge in [-0.25, -0.2) is 4.98 Å². The van der Waals surface area contributed by atoms with Crippen LogP contribution < -0.4 is 15.5 Å². The molecule has 0 radical (unpaired) electrons. The first-order valence-corrected chi connectivity index (χ1v) is 9.59. The van der Waals surface area contributed by atoms with E-state index in [9.17, 15) is 0 Å². The lowest BCUT2D eigenvalue weighted by Gasteiger charge is -2.20. The van der Waals surface area contributed by atoms with E-state index in [0.717, 1.165) is 36.7 Å². The Balaban J connectivity index is 0.00000240. The molecule has 0 saturated carbocycles. The van der Waals surface area contributed by atoms with E-state index in [1.807, 2.05) is 36.4 Å². The zero-order valence-corrected chi connectivity index (χ0v) is 18.7. The molecule has 0 aliphatic carbocycles. The number of nitrogens with zero attached hydrogens (tertiary/aromatic N) is 3. The molecule has 3 aromatic rings. The van der Waals surface area contributed by atoms with Gasteiger partial charge in [0.15, 0.2) is 5.96 Å². The van der Waals surface area contributed by atoms with Crippen LogP contribution in [0.25, 0.3) is 11.5 Å². The normalized spacial score (nSPS) is 16.4. The molecule has 1 atom stereocenters. The van der Waals surface area contributed by atoms with Gasteiger partial charge in [0.2, 0.25) is 5.89 Å². The summed E-state index contributed by atoms with van der Waals surface area (Å²) in [5, 5.41) is 6.84. The number of oxazole rings is 1. The lowest BCUT2D eigenvalue weighted by molar-refractivity contribution is 0.572. The molecule has 1 unspecified atom stereocenters. The number of benzene rings is 2.